The summed E-state index contributed by atoms with van der Waals surface area (Å²) in [6.45, 7) is 4.00. The van der Waals surface area contributed by atoms with Gasteiger partial charge in [0.25, 0.3) is 0 Å². The third-order valence-electron chi connectivity index (χ3n) is 0.696. The number of rotatable bonds is 0. The van der Waals surface area contributed by atoms with Gasteiger partial charge in [0.1, 0.15) is 5.82 Å². The molecule has 0 amide bonds. The summed E-state index contributed by atoms with van der Waals surface area (Å²) in [5, 5.41) is 0. The Hall–Kier alpha value is -1.32. The van der Waals surface area contributed by atoms with E-state index in [4.69, 9.17) is 11.5 Å². The van der Waals surface area contributed by atoms with Crippen LogP contribution in [-0.2, 0) is 0 Å². The highest BCUT2D eigenvalue weighted by Gasteiger charge is 1.84. The van der Waals surface area contributed by atoms with Crippen LogP contribution in [0, 0.1) is 0 Å². The van der Waals surface area contributed by atoms with Crippen LogP contribution in [0.4, 0.5) is 11.8 Å². The first-order valence-electron chi connectivity index (χ1n) is 3.13. The lowest BCUT2D eigenvalue weighted by Crippen LogP contribution is -1.96. The van der Waals surface area contributed by atoms with Crippen molar-refractivity contribution in [3.8, 4) is 0 Å². The molecule has 4 N–H and O–H groups in total. The van der Waals surface area contributed by atoms with E-state index in [2.05, 4.69) is 9.97 Å². The molecule has 0 bridgehead atoms. The molecular formula is C6H12N4. The first kappa shape index (κ1) is 8.68. The Morgan fingerprint density at radius 2 is 1.90 bits per heavy atom. The number of hydrogen-bond acceptors (Lipinski definition) is 4. The third kappa shape index (κ3) is 2.86. The molecule has 0 radical (unpaired) electrons. The number of anilines is 2. The summed E-state index contributed by atoms with van der Waals surface area (Å²) in [7, 11) is 0. The molecule has 0 fully saturated rings. The van der Waals surface area contributed by atoms with Gasteiger partial charge in [0.2, 0.25) is 5.95 Å². The van der Waals surface area contributed by atoms with Gasteiger partial charge in [-0.3, -0.25) is 0 Å². The van der Waals surface area contributed by atoms with Crippen LogP contribution in [0.3, 0.4) is 0 Å². The average Bonchev–Trinajstić information content (AvgIpc) is 1.91. The van der Waals surface area contributed by atoms with Crippen LogP contribution in [0.2, 0.25) is 0 Å². The molecule has 0 aliphatic carbocycles. The SMILES string of the molecule is CC.Nc1ccnc(N)n1. The molecule has 4 heteroatoms. The summed E-state index contributed by atoms with van der Waals surface area (Å²) in [5.74, 6) is 0.613. The van der Waals surface area contributed by atoms with Gasteiger partial charge in [0.05, 0.1) is 0 Å². The summed E-state index contributed by atoms with van der Waals surface area (Å²) in [6, 6.07) is 1.58. The predicted octanol–water partition coefficient (Wildman–Crippen LogP) is 0.667. The highest BCUT2D eigenvalue weighted by atomic mass is 15.0. The average molecular weight is 140 g/mol. The van der Waals surface area contributed by atoms with Crippen molar-refractivity contribution in [3.05, 3.63) is 12.3 Å². The van der Waals surface area contributed by atoms with Gasteiger partial charge in [-0.05, 0) is 6.07 Å². The lowest BCUT2D eigenvalue weighted by molar-refractivity contribution is 1.19. The van der Waals surface area contributed by atoms with Crippen LogP contribution in [-0.4, -0.2) is 9.97 Å². The fourth-order valence-corrected chi connectivity index (χ4v) is 0.388. The van der Waals surface area contributed by atoms with E-state index < -0.39 is 0 Å². The Morgan fingerprint density at radius 1 is 1.30 bits per heavy atom. The molecule has 4 nitrogen and oxygen atoms in total. The van der Waals surface area contributed by atoms with E-state index in [1.165, 1.54) is 6.20 Å². The minimum atomic E-state index is 0.213. The largest absolute Gasteiger partial charge is 0.384 e. The second-order valence-electron chi connectivity index (χ2n) is 1.34. The molecule has 1 heterocycles. The minimum Gasteiger partial charge on any atom is -0.384 e. The van der Waals surface area contributed by atoms with Crippen molar-refractivity contribution >= 4 is 11.8 Å². The van der Waals surface area contributed by atoms with Crippen LogP contribution in [0.15, 0.2) is 12.3 Å². The third-order valence-corrected chi connectivity index (χ3v) is 0.696. The molecule has 0 saturated heterocycles. The zero-order valence-electron chi connectivity index (χ0n) is 6.20. The molecule has 0 unspecified atom stereocenters. The molecule has 56 valence electrons. The zero-order chi connectivity index (χ0) is 7.98. The van der Waals surface area contributed by atoms with E-state index in [-0.39, 0.29) is 5.95 Å². The summed E-state index contributed by atoms with van der Waals surface area (Å²) >= 11 is 0. The molecule has 0 atom stereocenters. The number of nitrogen functional groups attached to an aromatic ring is 2. The van der Waals surface area contributed by atoms with Gasteiger partial charge in [-0.2, -0.15) is 4.98 Å². The second-order valence-corrected chi connectivity index (χ2v) is 1.34. The molecular weight excluding hydrogens is 128 g/mol. The van der Waals surface area contributed by atoms with Gasteiger partial charge < -0.3 is 11.5 Å². The van der Waals surface area contributed by atoms with Crippen LogP contribution < -0.4 is 11.5 Å². The van der Waals surface area contributed by atoms with E-state index >= 15 is 0 Å². The molecule has 0 aliphatic heterocycles. The van der Waals surface area contributed by atoms with Gasteiger partial charge in [0, 0.05) is 6.20 Å². The normalized spacial score (nSPS) is 7.80. The first-order chi connectivity index (χ1) is 4.79. The fraction of sp³-hybridized carbons (Fsp3) is 0.333. The smallest absolute Gasteiger partial charge is 0.221 e. The van der Waals surface area contributed by atoms with E-state index in [1.54, 1.807) is 6.07 Å². The van der Waals surface area contributed by atoms with Crippen molar-refractivity contribution in [2.75, 3.05) is 11.5 Å². The molecule has 1 rings (SSSR count). The van der Waals surface area contributed by atoms with Crippen molar-refractivity contribution < 1.29 is 0 Å². The molecule has 0 saturated carbocycles. The highest BCUT2D eigenvalue weighted by molar-refractivity contribution is 5.31. The molecule has 0 spiro atoms. The summed E-state index contributed by atoms with van der Waals surface area (Å²) in [4.78, 5) is 7.24. The van der Waals surface area contributed by atoms with E-state index in [0.29, 0.717) is 5.82 Å². The van der Waals surface area contributed by atoms with Gasteiger partial charge in [-0.15, -0.1) is 0 Å². The monoisotopic (exact) mass is 140 g/mol. The molecule has 1 aromatic heterocycles. The highest BCUT2D eigenvalue weighted by Crippen LogP contribution is 1.94. The Kier molecular flexibility index (Phi) is 3.95. The standard InChI is InChI=1S/C4H6N4.C2H6/c5-3-1-2-7-4(6)8-3;1-2/h1-2H,(H4,5,6,7,8);1-2H3. The van der Waals surface area contributed by atoms with E-state index in [0.717, 1.165) is 0 Å². The van der Waals surface area contributed by atoms with Crippen molar-refractivity contribution in [2.24, 2.45) is 0 Å². The van der Waals surface area contributed by atoms with E-state index in [9.17, 15) is 0 Å². The molecule has 1 aromatic rings. The van der Waals surface area contributed by atoms with Crippen LogP contribution in [0.1, 0.15) is 13.8 Å². The Balaban J connectivity index is 0.000000371. The Bertz CT molecular complexity index is 170. The maximum absolute atomic E-state index is 5.23. The van der Waals surface area contributed by atoms with Crippen molar-refractivity contribution in [3.63, 3.8) is 0 Å². The van der Waals surface area contributed by atoms with Gasteiger partial charge in [-0.25, -0.2) is 4.98 Å². The lowest BCUT2D eigenvalue weighted by atomic mass is 10.6. The second kappa shape index (κ2) is 4.55. The van der Waals surface area contributed by atoms with Crippen molar-refractivity contribution in [2.45, 2.75) is 13.8 Å². The zero-order valence-corrected chi connectivity index (χ0v) is 6.20. The Labute approximate surface area is 60.3 Å². The summed E-state index contributed by atoms with van der Waals surface area (Å²) in [5.41, 5.74) is 10.4. The first-order valence-corrected chi connectivity index (χ1v) is 3.13. The topological polar surface area (TPSA) is 77.8 Å². The lowest BCUT2D eigenvalue weighted by Gasteiger charge is -1.89. The van der Waals surface area contributed by atoms with E-state index in [1.807, 2.05) is 13.8 Å². The minimum absolute atomic E-state index is 0.213. The maximum atomic E-state index is 5.23. The molecule has 0 aromatic carbocycles. The number of nitrogens with two attached hydrogens (primary N) is 2. The summed E-state index contributed by atoms with van der Waals surface area (Å²) < 4.78 is 0. The number of hydrogen-bond donors (Lipinski definition) is 2. The predicted molar refractivity (Wildman–Crippen MR) is 42.2 cm³/mol. The van der Waals surface area contributed by atoms with Gasteiger partial charge >= 0.3 is 0 Å². The van der Waals surface area contributed by atoms with Crippen molar-refractivity contribution in [1.82, 2.24) is 9.97 Å². The Morgan fingerprint density at radius 3 is 2.20 bits per heavy atom. The number of aromatic nitrogens is 2. The van der Waals surface area contributed by atoms with Crippen LogP contribution in [0.5, 0.6) is 0 Å². The van der Waals surface area contributed by atoms with Gasteiger partial charge in [0.15, 0.2) is 0 Å². The summed E-state index contributed by atoms with van der Waals surface area (Å²) in [6.07, 6.45) is 1.51. The quantitative estimate of drug-likeness (QED) is 0.555. The molecule has 10 heavy (non-hydrogen) atoms. The van der Waals surface area contributed by atoms with Gasteiger partial charge in [-0.1, -0.05) is 13.8 Å². The maximum Gasteiger partial charge on any atom is 0.221 e. The number of nitrogens with zero attached hydrogens (tertiary/aromatic N) is 2. The fourth-order valence-electron chi connectivity index (χ4n) is 0.388. The van der Waals surface area contributed by atoms with Crippen LogP contribution >= 0.6 is 0 Å². The van der Waals surface area contributed by atoms with Crippen LogP contribution in [0.25, 0.3) is 0 Å². The molecule has 0 aliphatic rings. The van der Waals surface area contributed by atoms with Crippen molar-refractivity contribution in [1.29, 1.82) is 0 Å².